The van der Waals surface area contributed by atoms with Gasteiger partial charge in [0.05, 0.1) is 16.7 Å². The Morgan fingerprint density at radius 3 is 2.13 bits per heavy atom. The molecule has 0 saturated heterocycles. The predicted molar refractivity (Wildman–Crippen MR) is 117 cm³/mol. The van der Waals surface area contributed by atoms with Crippen LogP contribution in [0.4, 0.5) is 0 Å². The quantitative estimate of drug-likeness (QED) is 0.337. The maximum Gasteiger partial charge on any atom is 0.308 e. The lowest BCUT2D eigenvalue weighted by molar-refractivity contribution is -0.131. The van der Waals surface area contributed by atoms with E-state index in [4.69, 9.17) is 21.1 Å². The molecule has 0 bridgehead atoms. The fourth-order valence-corrected chi connectivity index (χ4v) is 3.77. The van der Waals surface area contributed by atoms with Gasteiger partial charge in [-0.15, -0.1) is 0 Å². The van der Waals surface area contributed by atoms with E-state index in [9.17, 15) is 10.1 Å². The van der Waals surface area contributed by atoms with Crippen molar-refractivity contribution in [3.05, 3.63) is 88.9 Å². The lowest BCUT2D eigenvalue weighted by atomic mass is 9.67. The standard InChI is InChI=1S/C25H22ClNO3/c1-17(2)25(16-27,19-10-6-4-7-11-19)23-22(29-18(3)28)15-14-21(26)24(23)30-20-12-8-5-9-13-20/h4-15,17H,1-3H3. The Hall–Kier alpha value is -3.29. The molecule has 30 heavy (non-hydrogen) atoms. The van der Waals surface area contributed by atoms with E-state index < -0.39 is 11.4 Å². The Morgan fingerprint density at radius 2 is 1.60 bits per heavy atom. The summed E-state index contributed by atoms with van der Waals surface area (Å²) in [6, 6.07) is 24.3. The van der Waals surface area contributed by atoms with Gasteiger partial charge in [0.25, 0.3) is 0 Å². The van der Waals surface area contributed by atoms with Gasteiger partial charge in [-0.1, -0.05) is 74.0 Å². The van der Waals surface area contributed by atoms with E-state index in [0.29, 0.717) is 22.1 Å². The molecule has 0 N–H and O–H groups in total. The topological polar surface area (TPSA) is 59.3 Å². The van der Waals surface area contributed by atoms with Crippen LogP contribution in [0.1, 0.15) is 31.9 Å². The minimum absolute atomic E-state index is 0.184. The van der Waals surface area contributed by atoms with Crippen molar-refractivity contribution < 1.29 is 14.3 Å². The molecule has 0 fully saturated rings. The van der Waals surface area contributed by atoms with Gasteiger partial charge in [-0.3, -0.25) is 4.79 Å². The molecule has 0 aromatic heterocycles. The van der Waals surface area contributed by atoms with Gasteiger partial charge in [-0.25, -0.2) is 0 Å². The molecule has 5 heteroatoms. The molecule has 4 nitrogen and oxygen atoms in total. The van der Waals surface area contributed by atoms with E-state index in [1.54, 1.807) is 24.3 Å². The highest BCUT2D eigenvalue weighted by Crippen LogP contribution is 2.51. The molecule has 3 rings (SSSR count). The Bertz CT molecular complexity index is 1070. The second-order valence-corrected chi connectivity index (χ2v) is 7.61. The molecule has 0 heterocycles. The summed E-state index contributed by atoms with van der Waals surface area (Å²) in [5.41, 5.74) is 0.0231. The number of carbonyl (C=O) groups excluding carboxylic acids is 1. The van der Waals surface area contributed by atoms with Crippen molar-refractivity contribution in [2.75, 3.05) is 0 Å². The second-order valence-electron chi connectivity index (χ2n) is 7.20. The number of carbonyl (C=O) groups is 1. The number of ether oxygens (including phenoxy) is 2. The highest BCUT2D eigenvalue weighted by atomic mass is 35.5. The number of esters is 1. The van der Waals surface area contributed by atoms with Crippen molar-refractivity contribution in [3.8, 4) is 23.3 Å². The normalized spacial score (nSPS) is 12.7. The van der Waals surface area contributed by atoms with E-state index in [0.717, 1.165) is 5.56 Å². The van der Waals surface area contributed by atoms with Gasteiger partial charge in [-0.2, -0.15) is 5.26 Å². The van der Waals surface area contributed by atoms with Crippen LogP contribution < -0.4 is 9.47 Å². The predicted octanol–water partition coefficient (Wildman–Crippen LogP) is 6.52. The highest BCUT2D eigenvalue weighted by molar-refractivity contribution is 6.32. The van der Waals surface area contributed by atoms with E-state index >= 15 is 0 Å². The summed E-state index contributed by atoms with van der Waals surface area (Å²) < 4.78 is 11.7. The average Bonchev–Trinajstić information content (AvgIpc) is 2.74. The zero-order valence-corrected chi connectivity index (χ0v) is 17.8. The van der Waals surface area contributed by atoms with E-state index in [-0.39, 0.29) is 11.7 Å². The third kappa shape index (κ3) is 4.03. The van der Waals surface area contributed by atoms with Crippen LogP contribution in [0.2, 0.25) is 5.02 Å². The summed E-state index contributed by atoms with van der Waals surface area (Å²) in [7, 11) is 0. The van der Waals surface area contributed by atoms with Gasteiger partial charge in [-0.05, 0) is 35.7 Å². The van der Waals surface area contributed by atoms with Crippen LogP contribution in [-0.2, 0) is 10.2 Å². The summed E-state index contributed by atoms with van der Waals surface area (Å²) in [6.07, 6.45) is 0. The first-order valence-corrected chi connectivity index (χ1v) is 9.99. The van der Waals surface area contributed by atoms with Gasteiger partial charge in [0.2, 0.25) is 0 Å². The van der Waals surface area contributed by atoms with Crippen LogP contribution in [-0.4, -0.2) is 5.97 Å². The first kappa shape index (κ1) is 21.4. The molecule has 3 aromatic rings. The molecule has 0 radical (unpaired) electrons. The maximum atomic E-state index is 11.9. The maximum absolute atomic E-state index is 11.9. The third-order valence-corrected chi connectivity index (χ3v) is 5.25. The SMILES string of the molecule is CC(=O)Oc1ccc(Cl)c(Oc2ccccc2)c1C(C#N)(c1ccccc1)C(C)C. The first-order chi connectivity index (χ1) is 14.4. The fourth-order valence-electron chi connectivity index (χ4n) is 3.58. The van der Waals surface area contributed by atoms with Crippen molar-refractivity contribution in [3.63, 3.8) is 0 Å². The zero-order chi connectivity index (χ0) is 21.7. The molecule has 0 spiro atoms. The van der Waals surface area contributed by atoms with Gasteiger partial charge in [0.15, 0.2) is 5.75 Å². The Labute approximate surface area is 181 Å². The Balaban J connectivity index is 2.37. The van der Waals surface area contributed by atoms with Gasteiger partial charge >= 0.3 is 5.97 Å². The van der Waals surface area contributed by atoms with Crippen molar-refractivity contribution in [2.45, 2.75) is 26.2 Å². The largest absolute Gasteiger partial charge is 0.455 e. The first-order valence-electron chi connectivity index (χ1n) is 9.61. The summed E-state index contributed by atoms with van der Waals surface area (Å²) in [5.74, 6) is 0.422. The summed E-state index contributed by atoms with van der Waals surface area (Å²) in [6.45, 7) is 5.21. The fraction of sp³-hybridized carbons (Fsp3) is 0.200. The molecule has 0 aliphatic rings. The molecule has 0 aliphatic carbocycles. The van der Waals surface area contributed by atoms with Gasteiger partial charge in [0, 0.05) is 6.92 Å². The smallest absolute Gasteiger partial charge is 0.308 e. The number of nitrogens with zero attached hydrogens (tertiary/aromatic N) is 1. The minimum atomic E-state index is -1.17. The monoisotopic (exact) mass is 419 g/mol. The zero-order valence-electron chi connectivity index (χ0n) is 17.1. The van der Waals surface area contributed by atoms with Crippen LogP contribution >= 0.6 is 11.6 Å². The molecule has 152 valence electrons. The molecule has 1 unspecified atom stereocenters. The summed E-state index contributed by atoms with van der Waals surface area (Å²) in [5, 5.41) is 10.8. The van der Waals surface area contributed by atoms with Crippen LogP contribution in [0.15, 0.2) is 72.8 Å². The number of hydrogen-bond donors (Lipinski definition) is 0. The van der Waals surface area contributed by atoms with Gasteiger partial charge in [0.1, 0.15) is 16.9 Å². The molecular weight excluding hydrogens is 398 g/mol. The van der Waals surface area contributed by atoms with E-state index in [2.05, 4.69) is 6.07 Å². The molecular formula is C25H22ClNO3. The number of benzene rings is 3. The van der Waals surface area contributed by atoms with Crippen LogP contribution in [0, 0.1) is 17.2 Å². The summed E-state index contributed by atoms with van der Waals surface area (Å²) >= 11 is 6.57. The average molecular weight is 420 g/mol. The number of hydrogen-bond acceptors (Lipinski definition) is 4. The lowest BCUT2D eigenvalue weighted by Crippen LogP contribution is -2.33. The Morgan fingerprint density at radius 1 is 1.00 bits per heavy atom. The van der Waals surface area contributed by atoms with Crippen molar-refractivity contribution in [2.24, 2.45) is 5.92 Å². The van der Waals surface area contributed by atoms with E-state index in [1.807, 2.05) is 62.4 Å². The summed E-state index contributed by atoms with van der Waals surface area (Å²) in [4.78, 5) is 11.9. The number of rotatable bonds is 6. The lowest BCUT2D eigenvalue weighted by Gasteiger charge is -2.34. The highest BCUT2D eigenvalue weighted by Gasteiger charge is 2.44. The number of para-hydroxylation sites is 1. The third-order valence-electron chi connectivity index (χ3n) is 4.95. The molecule has 1 atom stereocenters. The molecule has 0 amide bonds. The van der Waals surface area contributed by atoms with Gasteiger partial charge < -0.3 is 9.47 Å². The molecule has 3 aromatic carbocycles. The van der Waals surface area contributed by atoms with E-state index in [1.165, 1.54) is 6.92 Å². The van der Waals surface area contributed by atoms with Crippen LogP contribution in [0.5, 0.6) is 17.2 Å². The second kappa shape index (κ2) is 9.02. The van der Waals surface area contributed by atoms with Crippen LogP contribution in [0.3, 0.4) is 0 Å². The molecule has 0 aliphatic heterocycles. The van der Waals surface area contributed by atoms with Crippen molar-refractivity contribution >= 4 is 17.6 Å². The minimum Gasteiger partial charge on any atom is -0.455 e. The number of nitriles is 1. The Kier molecular flexibility index (Phi) is 6.44. The number of halogens is 1. The van der Waals surface area contributed by atoms with Crippen molar-refractivity contribution in [1.82, 2.24) is 0 Å². The molecule has 0 saturated carbocycles. The van der Waals surface area contributed by atoms with Crippen molar-refractivity contribution in [1.29, 1.82) is 5.26 Å². The van der Waals surface area contributed by atoms with Crippen LogP contribution in [0.25, 0.3) is 0 Å².